The molecule has 0 radical (unpaired) electrons. The lowest BCUT2D eigenvalue weighted by Gasteiger charge is -2.34. The number of halogens is 9. The molecule has 0 bridgehead atoms. The number of rotatable bonds is 5. The van der Waals surface area contributed by atoms with E-state index in [0.717, 1.165) is 24.3 Å². The van der Waals surface area contributed by atoms with Crippen LogP contribution >= 0.6 is 12.4 Å². The Labute approximate surface area is 312 Å². The Bertz CT molecular complexity index is 2040. The minimum atomic E-state index is -2.60. The number of aromatic carboxylic acids is 1. The Hall–Kier alpha value is -5.37. The fraction of sp³-hybridized carbons (Fsp3) is 0.250. The van der Waals surface area contributed by atoms with Gasteiger partial charge in [0, 0.05) is 61.1 Å². The Morgan fingerprint density at radius 2 is 1.06 bits per heavy atom. The number of nitrogens with one attached hydrogen (secondary N) is 1. The van der Waals surface area contributed by atoms with Crippen molar-refractivity contribution in [3.05, 3.63) is 142 Å². The molecule has 0 unspecified atom stereocenters. The first kappa shape index (κ1) is 43.0. The predicted octanol–water partition coefficient (Wildman–Crippen LogP) is 8.61. The molecular formula is C40H33ClF8N2O3. The molecule has 2 aliphatic rings. The summed E-state index contributed by atoms with van der Waals surface area (Å²) in [5.74, 6) is 1.34. The van der Waals surface area contributed by atoms with Gasteiger partial charge >= 0.3 is 5.97 Å². The molecule has 6 rings (SSSR count). The van der Waals surface area contributed by atoms with Crippen LogP contribution in [0.4, 0.5) is 35.1 Å². The zero-order valence-corrected chi connectivity index (χ0v) is 29.1. The molecule has 0 atom stereocenters. The standard InChI is InChI=1S/C20H15F4NO.C15H8F2O2.C5H9F2N.ClH/c21-17-8-7-15(18(22)9-17)4-1-13-2-5-16(6-3-13)19(26)25-12-14-10-20(23,24)11-14;16-13-8-7-11(14(17)9-13)4-1-10-2-5-12(6-3-10)15(18)19;6-5(7)1-4(2-5)3-8;/h2-3,5-9,14H,10-12H2,(H,25,26);2-3,5-9H,(H,18,19);4H,1-3,8H2;1H. The van der Waals surface area contributed by atoms with Crippen molar-refractivity contribution >= 4 is 24.3 Å². The summed E-state index contributed by atoms with van der Waals surface area (Å²) < 4.78 is 102. The van der Waals surface area contributed by atoms with Crippen LogP contribution in [-0.4, -0.2) is 41.9 Å². The number of nitrogens with two attached hydrogens (primary N) is 1. The average molecular weight is 777 g/mol. The van der Waals surface area contributed by atoms with Crippen LogP contribution in [0.2, 0.25) is 0 Å². The van der Waals surface area contributed by atoms with Crippen molar-refractivity contribution in [2.75, 3.05) is 13.1 Å². The van der Waals surface area contributed by atoms with Crippen LogP contribution in [0.25, 0.3) is 0 Å². The lowest BCUT2D eigenvalue weighted by atomic mass is 9.81. The summed E-state index contributed by atoms with van der Waals surface area (Å²) in [5.41, 5.74) is 6.93. The summed E-state index contributed by atoms with van der Waals surface area (Å²) in [7, 11) is 0. The van der Waals surface area contributed by atoms with E-state index in [2.05, 4.69) is 29.0 Å². The normalized spacial score (nSPS) is 14.9. The average Bonchev–Trinajstić information content (AvgIpc) is 3.09. The maximum Gasteiger partial charge on any atom is 0.335 e. The van der Waals surface area contributed by atoms with Crippen molar-refractivity contribution in [3.63, 3.8) is 0 Å². The highest BCUT2D eigenvalue weighted by molar-refractivity contribution is 5.94. The van der Waals surface area contributed by atoms with Crippen LogP contribution < -0.4 is 11.1 Å². The number of hydrogen-bond acceptors (Lipinski definition) is 3. The van der Waals surface area contributed by atoms with Crippen LogP contribution in [-0.2, 0) is 0 Å². The molecule has 2 fully saturated rings. The van der Waals surface area contributed by atoms with E-state index in [1.54, 1.807) is 24.3 Å². The molecule has 4 aromatic rings. The number of benzene rings is 4. The number of carbonyl (C=O) groups excluding carboxylic acids is 1. The Morgan fingerprint density at radius 1 is 0.648 bits per heavy atom. The number of amides is 1. The molecule has 4 N–H and O–H groups in total. The quantitative estimate of drug-likeness (QED) is 0.140. The van der Waals surface area contributed by atoms with Gasteiger partial charge in [0.2, 0.25) is 11.8 Å². The van der Waals surface area contributed by atoms with Crippen LogP contribution in [0.5, 0.6) is 0 Å². The van der Waals surface area contributed by atoms with Gasteiger partial charge in [-0.1, -0.05) is 23.7 Å². The molecule has 284 valence electrons. The summed E-state index contributed by atoms with van der Waals surface area (Å²) >= 11 is 0. The molecule has 2 aliphatic carbocycles. The summed E-state index contributed by atoms with van der Waals surface area (Å²) in [6.45, 7) is 0.634. The Balaban J connectivity index is 0.000000244. The second-order valence-corrected chi connectivity index (χ2v) is 12.4. The second-order valence-electron chi connectivity index (χ2n) is 12.4. The molecule has 54 heavy (non-hydrogen) atoms. The Kier molecular flexibility index (Phi) is 15.2. The van der Waals surface area contributed by atoms with Gasteiger partial charge in [-0.2, -0.15) is 0 Å². The fourth-order valence-electron chi connectivity index (χ4n) is 5.08. The van der Waals surface area contributed by atoms with Gasteiger partial charge in [-0.05, 0) is 91.2 Å². The van der Waals surface area contributed by atoms with Crippen molar-refractivity contribution in [3.8, 4) is 23.7 Å². The van der Waals surface area contributed by atoms with E-state index in [1.807, 2.05) is 0 Å². The number of alkyl halides is 4. The minimum absolute atomic E-state index is 0. The SMILES string of the molecule is Cl.NCC1CC(F)(F)C1.O=C(NCC1CC(F)(F)C1)c1ccc(C#Cc2ccc(F)cc2F)cc1.O=C(O)c1ccc(C#Cc2ccc(F)cc2F)cc1. The van der Waals surface area contributed by atoms with Crippen LogP contribution in [0.3, 0.4) is 0 Å². The first-order valence-corrected chi connectivity index (χ1v) is 16.1. The summed E-state index contributed by atoms with van der Waals surface area (Å²) in [5, 5.41) is 11.4. The van der Waals surface area contributed by atoms with Crippen molar-refractivity contribution in [2.24, 2.45) is 17.6 Å². The molecule has 4 aromatic carbocycles. The lowest BCUT2D eigenvalue weighted by molar-refractivity contribution is -0.108. The van der Waals surface area contributed by atoms with Crippen LogP contribution in [0.1, 0.15) is 68.7 Å². The van der Waals surface area contributed by atoms with Gasteiger partial charge < -0.3 is 16.2 Å². The van der Waals surface area contributed by atoms with Crippen molar-refractivity contribution in [2.45, 2.75) is 37.5 Å². The van der Waals surface area contributed by atoms with E-state index < -0.39 is 41.1 Å². The van der Waals surface area contributed by atoms with Gasteiger partial charge in [0.25, 0.3) is 5.91 Å². The smallest absolute Gasteiger partial charge is 0.335 e. The van der Waals surface area contributed by atoms with Crippen LogP contribution in [0, 0.1) is 58.8 Å². The maximum absolute atomic E-state index is 13.5. The third-order valence-corrected chi connectivity index (χ3v) is 8.06. The maximum atomic E-state index is 13.5. The van der Waals surface area contributed by atoms with E-state index in [-0.39, 0.29) is 79.1 Å². The van der Waals surface area contributed by atoms with Crippen molar-refractivity contribution < 1.29 is 49.8 Å². The number of carbonyl (C=O) groups is 2. The van der Waals surface area contributed by atoms with Gasteiger partial charge in [-0.3, -0.25) is 4.79 Å². The lowest BCUT2D eigenvalue weighted by Crippen LogP contribution is -2.42. The van der Waals surface area contributed by atoms with Gasteiger partial charge in [0.15, 0.2) is 0 Å². The first-order chi connectivity index (χ1) is 25.0. The van der Waals surface area contributed by atoms with E-state index in [4.69, 9.17) is 10.8 Å². The van der Waals surface area contributed by atoms with Gasteiger partial charge in [0.05, 0.1) is 16.7 Å². The van der Waals surface area contributed by atoms with Gasteiger partial charge in [-0.15, -0.1) is 12.4 Å². The highest BCUT2D eigenvalue weighted by atomic mass is 35.5. The molecule has 0 aromatic heterocycles. The van der Waals surface area contributed by atoms with E-state index in [0.29, 0.717) is 23.2 Å². The molecule has 1 amide bonds. The molecule has 0 heterocycles. The van der Waals surface area contributed by atoms with Crippen molar-refractivity contribution in [1.29, 1.82) is 0 Å². The van der Waals surface area contributed by atoms with Crippen molar-refractivity contribution in [1.82, 2.24) is 5.32 Å². The van der Waals surface area contributed by atoms with Gasteiger partial charge in [-0.25, -0.2) is 39.9 Å². The summed E-state index contributed by atoms with van der Waals surface area (Å²) in [6, 6.07) is 18.4. The van der Waals surface area contributed by atoms with Crippen LogP contribution in [0.15, 0.2) is 84.9 Å². The largest absolute Gasteiger partial charge is 0.478 e. The van der Waals surface area contributed by atoms with E-state index in [1.165, 1.54) is 36.4 Å². The molecule has 2 saturated carbocycles. The molecule has 0 saturated heterocycles. The number of hydrogen-bond donors (Lipinski definition) is 3. The van der Waals surface area contributed by atoms with Gasteiger partial charge in [0.1, 0.15) is 23.3 Å². The molecular weight excluding hydrogens is 744 g/mol. The highest BCUT2D eigenvalue weighted by Gasteiger charge is 2.45. The second kappa shape index (κ2) is 19.1. The minimum Gasteiger partial charge on any atom is -0.478 e. The monoisotopic (exact) mass is 776 g/mol. The topological polar surface area (TPSA) is 92.4 Å². The molecule has 0 spiro atoms. The Morgan fingerprint density at radius 3 is 1.41 bits per heavy atom. The molecule has 0 aliphatic heterocycles. The third-order valence-electron chi connectivity index (χ3n) is 8.06. The third kappa shape index (κ3) is 13.2. The fourth-order valence-corrected chi connectivity index (χ4v) is 5.08. The molecule has 5 nitrogen and oxygen atoms in total. The zero-order valence-electron chi connectivity index (χ0n) is 28.3. The number of carboxylic acid groups (broad SMARTS) is 1. The predicted molar refractivity (Wildman–Crippen MR) is 188 cm³/mol. The zero-order chi connectivity index (χ0) is 38.8. The van der Waals surface area contributed by atoms with E-state index in [9.17, 15) is 44.7 Å². The summed E-state index contributed by atoms with van der Waals surface area (Å²) in [4.78, 5) is 22.6. The van der Waals surface area contributed by atoms with E-state index >= 15 is 0 Å². The summed E-state index contributed by atoms with van der Waals surface area (Å²) in [6.07, 6.45) is -0.378. The highest BCUT2D eigenvalue weighted by Crippen LogP contribution is 2.42. The first-order valence-electron chi connectivity index (χ1n) is 16.1. The molecule has 14 heteroatoms. The number of carboxylic acids is 1.